The lowest BCUT2D eigenvalue weighted by atomic mass is 9.96. The molecule has 1 aromatic rings. The molecule has 2 atom stereocenters. The zero-order valence-electron chi connectivity index (χ0n) is 20.6. The number of unbranched alkanes of at least 4 members (excludes halogenated alkanes) is 9. The summed E-state index contributed by atoms with van der Waals surface area (Å²) >= 11 is 1.95. The average molecular weight is 461 g/mol. The van der Waals surface area contributed by atoms with Crippen LogP contribution in [0.15, 0.2) is 41.8 Å². The third-order valence-corrected chi connectivity index (χ3v) is 8.13. The van der Waals surface area contributed by atoms with Crippen LogP contribution in [0.25, 0.3) is 0 Å². The minimum absolute atomic E-state index is 0.0950. The molecule has 0 aliphatic carbocycles. The number of carbonyl (C=O) groups is 1. The molecule has 0 aromatic carbocycles. The Balaban J connectivity index is 1.49. The fraction of sp³-hybridized carbons (Fsp3) is 0.714. The average Bonchev–Trinajstić information content (AvgIpc) is 3.29. The summed E-state index contributed by atoms with van der Waals surface area (Å²) in [5.74, 6) is 0.656. The number of thioether (sulfide) groups is 1. The Hall–Kier alpha value is -1.29. The number of aromatic nitrogens is 1. The predicted molar refractivity (Wildman–Crippen MR) is 136 cm³/mol. The van der Waals surface area contributed by atoms with E-state index in [-0.39, 0.29) is 5.97 Å². The number of carbonyl (C=O) groups excluding carboxylic acids is 1. The van der Waals surface area contributed by atoms with Gasteiger partial charge in [0, 0.05) is 35.1 Å². The van der Waals surface area contributed by atoms with Crippen LogP contribution in [0.2, 0.25) is 0 Å². The number of hydrogen-bond acceptors (Lipinski definition) is 3. The molecule has 2 unspecified atom stereocenters. The maximum absolute atomic E-state index is 12.0. The Bertz CT molecular complexity index is 646. The first kappa shape index (κ1) is 27.0. The van der Waals surface area contributed by atoms with Crippen LogP contribution in [0.3, 0.4) is 0 Å². The molecule has 0 bridgehead atoms. The van der Waals surface area contributed by atoms with Crippen molar-refractivity contribution in [3.8, 4) is 0 Å². The van der Waals surface area contributed by atoms with E-state index in [2.05, 4.69) is 30.8 Å². The second kappa shape index (κ2) is 17.2. The summed E-state index contributed by atoms with van der Waals surface area (Å²) in [7, 11) is 0. The van der Waals surface area contributed by atoms with Crippen LogP contribution in [-0.2, 0) is 16.1 Å². The van der Waals surface area contributed by atoms with Gasteiger partial charge < -0.3 is 4.74 Å². The topological polar surface area (TPSA) is 30.2 Å². The fourth-order valence-electron chi connectivity index (χ4n) is 4.38. The molecule has 0 amide bonds. The highest BCUT2D eigenvalue weighted by Gasteiger charge is 2.25. The lowest BCUT2D eigenvalue weighted by molar-refractivity contribution is -0.697. The van der Waals surface area contributed by atoms with Crippen molar-refractivity contribution >= 4 is 17.7 Å². The first-order valence-electron chi connectivity index (χ1n) is 13.2. The van der Waals surface area contributed by atoms with E-state index in [1.807, 2.05) is 30.0 Å². The number of ether oxygens (including phenoxy) is 1. The minimum Gasteiger partial charge on any atom is -0.434 e. The van der Waals surface area contributed by atoms with Gasteiger partial charge in [-0.15, -0.1) is 11.8 Å². The van der Waals surface area contributed by atoms with Crippen LogP contribution in [0.4, 0.5) is 0 Å². The molecule has 0 saturated carbocycles. The first-order valence-corrected chi connectivity index (χ1v) is 14.1. The van der Waals surface area contributed by atoms with Gasteiger partial charge in [-0.1, -0.05) is 77.7 Å². The van der Waals surface area contributed by atoms with Gasteiger partial charge in [-0.25, -0.2) is 4.57 Å². The molecule has 32 heavy (non-hydrogen) atoms. The zero-order chi connectivity index (χ0) is 22.9. The van der Waals surface area contributed by atoms with Crippen molar-refractivity contribution in [2.45, 2.75) is 122 Å². The molecule has 2 heterocycles. The standard InChI is InChI=1S/C28H46NO2S/c1-3-4-5-6-7-8-9-10-12-17-25(2)27-20-19-26(32-27)24-31-28(30)18-13-16-23-29-21-14-11-15-22-29/h11,14-15,21-22,24-25,27H,3-10,12-13,16-20,23H2,1-2H3/q+1. The number of allylic oxidation sites excluding steroid dienone is 1. The van der Waals surface area contributed by atoms with Crippen molar-refractivity contribution in [2.75, 3.05) is 0 Å². The summed E-state index contributed by atoms with van der Waals surface area (Å²) in [6.45, 7) is 5.63. The van der Waals surface area contributed by atoms with E-state index in [1.165, 1.54) is 75.5 Å². The van der Waals surface area contributed by atoms with Gasteiger partial charge in [-0.05, 0) is 31.6 Å². The lowest BCUT2D eigenvalue weighted by Gasteiger charge is -2.17. The highest BCUT2D eigenvalue weighted by molar-refractivity contribution is 8.03. The fourth-order valence-corrected chi connectivity index (χ4v) is 5.72. The van der Waals surface area contributed by atoms with Crippen molar-refractivity contribution in [1.82, 2.24) is 0 Å². The van der Waals surface area contributed by atoms with Crippen LogP contribution in [0.1, 0.15) is 110 Å². The zero-order valence-corrected chi connectivity index (χ0v) is 21.4. The maximum Gasteiger partial charge on any atom is 0.310 e. The third-order valence-electron chi connectivity index (χ3n) is 6.52. The lowest BCUT2D eigenvalue weighted by Crippen LogP contribution is -2.32. The Labute approximate surface area is 201 Å². The maximum atomic E-state index is 12.0. The largest absolute Gasteiger partial charge is 0.434 e. The summed E-state index contributed by atoms with van der Waals surface area (Å²) < 4.78 is 7.59. The third kappa shape index (κ3) is 12.1. The van der Waals surface area contributed by atoms with Gasteiger partial charge in [-0.2, -0.15) is 0 Å². The molecule has 1 aliphatic rings. The van der Waals surface area contributed by atoms with Gasteiger partial charge in [0.05, 0.1) is 0 Å². The molecule has 0 N–H and O–H groups in total. The number of esters is 1. The number of rotatable bonds is 17. The highest BCUT2D eigenvalue weighted by Crippen LogP contribution is 2.42. The van der Waals surface area contributed by atoms with Gasteiger partial charge >= 0.3 is 5.97 Å². The molecule has 180 valence electrons. The van der Waals surface area contributed by atoms with Crippen LogP contribution < -0.4 is 4.57 Å². The van der Waals surface area contributed by atoms with Crippen LogP contribution in [-0.4, -0.2) is 11.2 Å². The van der Waals surface area contributed by atoms with Gasteiger partial charge in [0.1, 0.15) is 12.8 Å². The van der Waals surface area contributed by atoms with E-state index in [4.69, 9.17) is 4.74 Å². The van der Waals surface area contributed by atoms with Crippen molar-refractivity contribution in [1.29, 1.82) is 0 Å². The molecule has 1 aliphatic heterocycles. The van der Waals surface area contributed by atoms with E-state index in [0.29, 0.717) is 11.7 Å². The van der Waals surface area contributed by atoms with Crippen molar-refractivity contribution in [3.63, 3.8) is 0 Å². The van der Waals surface area contributed by atoms with Crippen molar-refractivity contribution in [3.05, 3.63) is 41.8 Å². The van der Waals surface area contributed by atoms with Crippen molar-refractivity contribution in [2.24, 2.45) is 5.92 Å². The summed E-state index contributed by atoms with van der Waals surface area (Å²) in [6, 6.07) is 6.08. The normalized spacial score (nSPS) is 18.2. The van der Waals surface area contributed by atoms with Crippen molar-refractivity contribution < 1.29 is 14.1 Å². The van der Waals surface area contributed by atoms with Crippen LogP contribution >= 0.6 is 11.8 Å². The summed E-state index contributed by atoms with van der Waals surface area (Å²) in [5, 5.41) is 0.692. The van der Waals surface area contributed by atoms with Crippen LogP contribution in [0.5, 0.6) is 0 Å². The van der Waals surface area contributed by atoms with E-state index < -0.39 is 0 Å². The minimum atomic E-state index is -0.0950. The molecule has 1 saturated heterocycles. The van der Waals surface area contributed by atoms with E-state index >= 15 is 0 Å². The molecule has 1 fully saturated rings. The smallest absolute Gasteiger partial charge is 0.310 e. The van der Waals surface area contributed by atoms with Gasteiger partial charge in [0.25, 0.3) is 0 Å². The Morgan fingerprint density at radius 3 is 2.44 bits per heavy atom. The Morgan fingerprint density at radius 1 is 1.03 bits per heavy atom. The number of hydrogen-bond donors (Lipinski definition) is 0. The van der Waals surface area contributed by atoms with E-state index in [0.717, 1.165) is 31.7 Å². The van der Waals surface area contributed by atoms with Gasteiger partial charge in [0.2, 0.25) is 0 Å². The Morgan fingerprint density at radius 2 is 1.72 bits per heavy atom. The summed E-state index contributed by atoms with van der Waals surface area (Å²) in [4.78, 5) is 13.3. The van der Waals surface area contributed by atoms with E-state index in [9.17, 15) is 4.79 Å². The molecular weight excluding hydrogens is 414 g/mol. The molecule has 0 radical (unpaired) electrons. The number of aryl methyl sites for hydroxylation is 1. The van der Waals surface area contributed by atoms with Gasteiger partial charge in [-0.3, -0.25) is 4.79 Å². The Kier molecular flexibility index (Phi) is 14.5. The number of nitrogens with zero attached hydrogens (tertiary/aromatic N) is 1. The molecule has 3 nitrogen and oxygen atoms in total. The molecule has 4 heteroatoms. The first-order chi connectivity index (χ1) is 15.7. The monoisotopic (exact) mass is 460 g/mol. The molecular formula is C28H46NO2S+. The second-order valence-corrected chi connectivity index (χ2v) is 10.8. The highest BCUT2D eigenvalue weighted by atomic mass is 32.2. The predicted octanol–water partition coefficient (Wildman–Crippen LogP) is 7.98. The molecule has 1 aromatic heterocycles. The van der Waals surface area contributed by atoms with E-state index in [1.54, 1.807) is 6.26 Å². The molecule has 2 rings (SSSR count). The summed E-state index contributed by atoms with van der Waals surface area (Å²) in [5.41, 5.74) is 0. The van der Waals surface area contributed by atoms with Gasteiger partial charge in [0.15, 0.2) is 12.4 Å². The van der Waals surface area contributed by atoms with Crippen LogP contribution in [0, 0.1) is 5.92 Å². The second-order valence-electron chi connectivity index (χ2n) is 9.43. The summed E-state index contributed by atoms with van der Waals surface area (Å²) in [6.07, 6.45) is 24.4. The molecule has 0 spiro atoms. The quantitative estimate of drug-likeness (QED) is 0.102. The SMILES string of the molecule is CCCCCCCCCCCC(C)C1CCC(=COC(=O)CCCC[n+]2ccccc2)S1. The number of pyridine rings is 1.